The van der Waals surface area contributed by atoms with Crippen LogP contribution in [0, 0.1) is 0 Å². The van der Waals surface area contributed by atoms with Crippen molar-refractivity contribution < 1.29 is 28.6 Å². The number of fused-ring (bicyclic) bond motifs is 3. The zero-order valence-electron chi connectivity index (χ0n) is 15.9. The number of benzene rings is 2. The molecule has 0 unspecified atom stereocenters. The molecule has 2 aliphatic heterocycles. The number of methoxy groups -OCH3 is 1. The molecule has 2 aliphatic rings. The number of carbonyl (C=O) groups is 3. The predicted molar refractivity (Wildman–Crippen MR) is 100.0 cm³/mol. The third-order valence-corrected chi connectivity index (χ3v) is 5.10. The van der Waals surface area contributed by atoms with Crippen molar-refractivity contribution in [2.24, 2.45) is 0 Å². The van der Waals surface area contributed by atoms with Crippen molar-refractivity contribution >= 4 is 17.7 Å². The molecule has 4 rings (SSSR count). The summed E-state index contributed by atoms with van der Waals surface area (Å²) < 4.78 is 16.3. The number of carbonyl (C=O) groups excluding carboxylic acids is 3. The van der Waals surface area contributed by atoms with Gasteiger partial charge in [-0.2, -0.15) is 0 Å². The van der Waals surface area contributed by atoms with Gasteiger partial charge in [-0.15, -0.1) is 0 Å². The van der Waals surface area contributed by atoms with Crippen molar-refractivity contribution in [2.75, 3.05) is 7.11 Å². The van der Waals surface area contributed by atoms with Gasteiger partial charge in [-0.3, -0.25) is 9.59 Å². The van der Waals surface area contributed by atoms with E-state index in [1.807, 2.05) is 13.8 Å². The van der Waals surface area contributed by atoms with E-state index in [4.69, 9.17) is 14.2 Å². The van der Waals surface area contributed by atoms with Crippen LogP contribution >= 0.6 is 0 Å². The Morgan fingerprint density at radius 2 is 1.82 bits per heavy atom. The zero-order chi connectivity index (χ0) is 20.1. The maximum Gasteiger partial charge on any atom is 0.337 e. The van der Waals surface area contributed by atoms with Gasteiger partial charge in [0, 0.05) is 11.5 Å². The van der Waals surface area contributed by atoms with E-state index in [0.717, 1.165) is 5.56 Å². The standard InChI is InChI=1S/C22H20O6/c1-22(2)11-16(23)14-8-9-17-19(20(14)28-22)15(10-18(24)27-17)12-4-6-13(7-5-12)21(25)26-3/h4-9,15H,10-11H2,1-3H3/t15-/m0/s1. The van der Waals surface area contributed by atoms with E-state index in [2.05, 4.69) is 0 Å². The molecule has 0 saturated heterocycles. The lowest BCUT2D eigenvalue weighted by atomic mass is 9.82. The second-order valence-electron chi connectivity index (χ2n) is 7.66. The van der Waals surface area contributed by atoms with Gasteiger partial charge in [0.25, 0.3) is 0 Å². The highest BCUT2D eigenvalue weighted by Crippen LogP contribution is 2.48. The number of ether oxygens (including phenoxy) is 3. The highest BCUT2D eigenvalue weighted by atomic mass is 16.5. The van der Waals surface area contributed by atoms with Gasteiger partial charge in [-0.25, -0.2) is 4.79 Å². The second kappa shape index (κ2) is 6.48. The highest BCUT2D eigenvalue weighted by Gasteiger charge is 2.39. The van der Waals surface area contributed by atoms with E-state index >= 15 is 0 Å². The molecular formula is C22H20O6. The number of ketones is 1. The van der Waals surface area contributed by atoms with Crippen LogP contribution in [-0.4, -0.2) is 30.4 Å². The van der Waals surface area contributed by atoms with Crippen LogP contribution in [-0.2, 0) is 9.53 Å². The Hall–Kier alpha value is -3.15. The highest BCUT2D eigenvalue weighted by molar-refractivity contribution is 6.01. The van der Waals surface area contributed by atoms with Crippen molar-refractivity contribution in [3.63, 3.8) is 0 Å². The van der Waals surface area contributed by atoms with Crippen molar-refractivity contribution in [3.05, 3.63) is 58.7 Å². The molecule has 0 aromatic heterocycles. The summed E-state index contributed by atoms with van der Waals surface area (Å²) in [5.74, 6) is -0.222. The number of Topliss-reactive ketones (excluding diaryl/α,β-unsaturated/α-hetero) is 1. The van der Waals surface area contributed by atoms with Crippen molar-refractivity contribution in [1.82, 2.24) is 0 Å². The average molecular weight is 380 g/mol. The lowest BCUT2D eigenvalue weighted by Gasteiger charge is -2.36. The number of hydrogen-bond acceptors (Lipinski definition) is 6. The molecule has 0 N–H and O–H groups in total. The molecule has 2 aromatic carbocycles. The van der Waals surface area contributed by atoms with Crippen LogP contribution in [0.2, 0.25) is 0 Å². The zero-order valence-corrected chi connectivity index (χ0v) is 15.9. The van der Waals surface area contributed by atoms with Crippen molar-refractivity contribution in [2.45, 2.75) is 38.2 Å². The van der Waals surface area contributed by atoms with Gasteiger partial charge in [-0.05, 0) is 43.7 Å². The van der Waals surface area contributed by atoms with Gasteiger partial charge in [0.2, 0.25) is 0 Å². The van der Waals surface area contributed by atoms with E-state index in [0.29, 0.717) is 28.2 Å². The molecule has 0 bridgehead atoms. The Kier molecular flexibility index (Phi) is 4.22. The Bertz CT molecular complexity index is 987. The third kappa shape index (κ3) is 3.05. The Morgan fingerprint density at radius 3 is 2.50 bits per heavy atom. The van der Waals surface area contributed by atoms with E-state index in [1.165, 1.54) is 7.11 Å². The minimum absolute atomic E-state index is 0.00531. The van der Waals surface area contributed by atoms with E-state index in [9.17, 15) is 14.4 Å². The molecule has 1 atom stereocenters. The van der Waals surface area contributed by atoms with Crippen molar-refractivity contribution in [1.29, 1.82) is 0 Å². The Balaban J connectivity index is 1.84. The lowest BCUT2D eigenvalue weighted by Crippen LogP contribution is -2.37. The average Bonchev–Trinajstić information content (AvgIpc) is 2.65. The molecule has 0 saturated carbocycles. The second-order valence-corrected chi connectivity index (χ2v) is 7.66. The molecular weight excluding hydrogens is 360 g/mol. The Morgan fingerprint density at radius 1 is 1.11 bits per heavy atom. The molecule has 0 amide bonds. The number of hydrogen-bond donors (Lipinski definition) is 0. The summed E-state index contributed by atoms with van der Waals surface area (Å²) in [6.45, 7) is 3.73. The van der Waals surface area contributed by atoms with Crippen LogP contribution in [0.3, 0.4) is 0 Å². The topological polar surface area (TPSA) is 78.9 Å². The van der Waals surface area contributed by atoms with Gasteiger partial charge >= 0.3 is 11.9 Å². The molecule has 28 heavy (non-hydrogen) atoms. The minimum atomic E-state index is -0.639. The largest absolute Gasteiger partial charge is 0.486 e. The van der Waals surface area contributed by atoms with E-state index < -0.39 is 11.6 Å². The van der Waals surface area contributed by atoms with Gasteiger partial charge < -0.3 is 14.2 Å². The summed E-state index contributed by atoms with van der Waals surface area (Å²) in [6, 6.07) is 10.2. The van der Waals surface area contributed by atoms with E-state index in [-0.39, 0.29) is 30.5 Å². The molecule has 6 nitrogen and oxygen atoms in total. The van der Waals surface area contributed by atoms with Gasteiger partial charge in [0.15, 0.2) is 5.78 Å². The molecule has 0 spiro atoms. The molecule has 144 valence electrons. The summed E-state index contributed by atoms with van der Waals surface area (Å²) in [7, 11) is 1.33. The molecule has 0 aliphatic carbocycles. The van der Waals surface area contributed by atoms with Crippen LogP contribution in [0.15, 0.2) is 36.4 Å². The molecule has 2 heterocycles. The first-order chi connectivity index (χ1) is 13.3. The van der Waals surface area contributed by atoms with Crippen molar-refractivity contribution in [3.8, 4) is 11.5 Å². The van der Waals surface area contributed by atoms with Crippen LogP contribution in [0.1, 0.15) is 64.4 Å². The third-order valence-electron chi connectivity index (χ3n) is 5.10. The first-order valence-corrected chi connectivity index (χ1v) is 9.07. The van der Waals surface area contributed by atoms with Crippen LogP contribution in [0.5, 0.6) is 11.5 Å². The quantitative estimate of drug-likeness (QED) is 0.584. The SMILES string of the molecule is COC(=O)c1ccc([C@@H]2CC(=O)Oc3ccc4c(c32)OC(C)(C)CC4=O)cc1. The summed E-state index contributed by atoms with van der Waals surface area (Å²) in [6.07, 6.45) is 0.413. The predicted octanol–water partition coefficient (Wildman–Crippen LogP) is 3.66. The molecule has 0 fully saturated rings. The summed E-state index contributed by atoms with van der Waals surface area (Å²) >= 11 is 0. The summed E-state index contributed by atoms with van der Waals surface area (Å²) in [5.41, 5.74) is 1.82. The monoisotopic (exact) mass is 380 g/mol. The molecule has 2 aromatic rings. The van der Waals surface area contributed by atoms with Gasteiger partial charge in [0.1, 0.15) is 17.1 Å². The normalized spacial score (nSPS) is 19.8. The van der Waals surface area contributed by atoms with E-state index in [1.54, 1.807) is 36.4 Å². The fourth-order valence-corrected chi connectivity index (χ4v) is 3.81. The number of esters is 2. The van der Waals surface area contributed by atoms with Gasteiger partial charge in [-0.1, -0.05) is 12.1 Å². The fourth-order valence-electron chi connectivity index (χ4n) is 3.81. The Labute approximate surface area is 162 Å². The van der Waals surface area contributed by atoms with Crippen LogP contribution in [0.4, 0.5) is 0 Å². The molecule has 0 radical (unpaired) electrons. The minimum Gasteiger partial charge on any atom is -0.486 e. The fraction of sp³-hybridized carbons (Fsp3) is 0.318. The first kappa shape index (κ1) is 18.2. The van der Waals surface area contributed by atoms with Crippen LogP contribution in [0.25, 0.3) is 0 Å². The van der Waals surface area contributed by atoms with Gasteiger partial charge in [0.05, 0.1) is 31.1 Å². The maximum absolute atomic E-state index is 12.6. The molecule has 6 heteroatoms. The first-order valence-electron chi connectivity index (χ1n) is 9.07. The summed E-state index contributed by atoms with van der Waals surface area (Å²) in [5, 5.41) is 0. The van der Waals surface area contributed by atoms with Crippen LogP contribution < -0.4 is 9.47 Å². The smallest absolute Gasteiger partial charge is 0.337 e. The lowest BCUT2D eigenvalue weighted by molar-refractivity contribution is -0.135. The summed E-state index contributed by atoms with van der Waals surface area (Å²) in [4.78, 5) is 36.5. The number of rotatable bonds is 2. The maximum atomic E-state index is 12.6.